The van der Waals surface area contributed by atoms with Gasteiger partial charge in [-0.05, 0) is 0 Å². The number of aromatic nitrogens is 5. The summed E-state index contributed by atoms with van der Waals surface area (Å²) in [7, 11) is -4.15. The van der Waals surface area contributed by atoms with Crippen molar-refractivity contribution in [2.24, 2.45) is 0 Å². The fourth-order valence-corrected chi connectivity index (χ4v) is 1.70. The molecule has 11 heteroatoms. The Bertz CT molecular complexity index is 595. The summed E-state index contributed by atoms with van der Waals surface area (Å²) in [6.07, 6.45) is 0.645. The molecule has 0 aliphatic carbocycles. The average Bonchev–Trinajstić information content (AvgIpc) is 2.68. The van der Waals surface area contributed by atoms with Crippen LogP contribution < -0.4 is 5.73 Å². The molecule has 2 aromatic heterocycles. The number of hydrogen-bond donors (Lipinski definition) is 3. The number of fused-ring (bicyclic) bond motifs is 1. The summed E-state index contributed by atoms with van der Waals surface area (Å²) in [6.45, 7) is 0.311. The van der Waals surface area contributed by atoms with Crippen LogP contribution in [0.2, 0.25) is 0 Å². The van der Waals surface area contributed by atoms with Crippen LogP contribution in [0.5, 0.6) is 0 Å². The highest BCUT2D eigenvalue weighted by atomic mass is 31.2. The maximum Gasteiger partial charge on any atom is 0.350 e. The maximum absolute atomic E-state index is 10.6. The van der Waals surface area contributed by atoms with Crippen molar-refractivity contribution in [3.8, 4) is 0 Å². The summed E-state index contributed by atoms with van der Waals surface area (Å²) in [5.74, 6) is 0.236. The lowest BCUT2D eigenvalue weighted by Gasteiger charge is -2.06. The molecule has 0 atom stereocenters. The van der Waals surface area contributed by atoms with E-state index >= 15 is 0 Å². The zero-order valence-electron chi connectivity index (χ0n) is 9.17. The molecule has 0 saturated heterocycles. The molecule has 0 saturated carbocycles. The molecule has 0 fully saturated rings. The van der Waals surface area contributed by atoms with Crippen LogP contribution in [0.3, 0.4) is 0 Å². The van der Waals surface area contributed by atoms with Crippen LogP contribution >= 0.6 is 7.60 Å². The Kier molecular flexibility index (Phi) is 3.53. The molecule has 2 aromatic rings. The standard InChI is InChI=1S/C7H11N6O4P/c8-6-5-7(10-3-9-6)11-12-13(5)1-2-17-4-18(14,15)16/h3H,1-2,4H2,(H2,8,9,10)(H2,14,15,16). The van der Waals surface area contributed by atoms with Crippen molar-refractivity contribution in [3.05, 3.63) is 6.33 Å². The van der Waals surface area contributed by atoms with Gasteiger partial charge in [0.05, 0.1) is 13.2 Å². The number of ether oxygens (including phenoxy) is 1. The third-order valence-corrected chi connectivity index (χ3v) is 2.56. The Balaban J connectivity index is 2.02. The van der Waals surface area contributed by atoms with Gasteiger partial charge >= 0.3 is 7.60 Å². The number of anilines is 1. The fraction of sp³-hybridized carbons (Fsp3) is 0.429. The van der Waals surface area contributed by atoms with Crippen LogP contribution in [-0.4, -0.2) is 47.7 Å². The van der Waals surface area contributed by atoms with Gasteiger partial charge in [0, 0.05) is 0 Å². The van der Waals surface area contributed by atoms with E-state index in [1.807, 2.05) is 0 Å². The second kappa shape index (κ2) is 4.94. The van der Waals surface area contributed by atoms with Gasteiger partial charge in [-0.1, -0.05) is 5.21 Å². The van der Waals surface area contributed by atoms with Gasteiger partial charge in [0.25, 0.3) is 0 Å². The average molecular weight is 274 g/mol. The molecule has 0 unspecified atom stereocenters. The summed E-state index contributed by atoms with van der Waals surface area (Å²) >= 11 is 0. The number of nitrogens with two attached hydrogens (primary N) is 1. The minimum Gasteiger partial charge on any atom is -0.382 e. The zero-order chi connectivity index (χ0) is 13.2. The second-order valence-corrected chi connectivity index (χ2v) is 5.03. The van der Waals surface area contributed by atoms with Crippen molar-refractivity contribution in [1.29, 1.82) is 0 Å². The lowest BCUT2D eigenvalue weighted by molar-refractivity contribution is 0.146. The highest BCUT2D eigenvalue weighted by molar-refractivity contribution is 7.51. The Labute approximate surface area is 101 Å². The first kappa shape index (κ1) is 12.8. The van der Waals surface area contributed by atoms with E-state index in [0.29, 0.717) is 11.2 Å². The van der Waals surface area contributed by atoms with Crippen molar-refractivity contribution >= 4 is 24.6 Å². The monoisotopic (exact) mass is 274 g/mol. The summed E-state index contributed by atoms with van der Waals surface area (Å²) in [4.78, 5) is 24.9. The van der Waals surface area contributed by atoms with E-state index in [1.54, 1.807) is 0 Å². The quantitative estimate of drug-likeness (QED) is 0.458. The van der Waals surface area contributed by atoms with Crippen molar-refractivity contribution in [2.75, 3.05) is 18.7 Å². The van der Waals surface area contributed by atoms with E-state index in [4.69, 9.17) is 20.3 Å². The SMILES string of the molecule is Nc1ncnc2nnn(CCOCP(=O)(O)O)c12. The van der Waals surface area contributed by atoms with Crippen LogP contribution in [0.15, 0.2) is 6.33 Å². The van der Waals surface area contributed by atoms with E-state index < -0.39 is 13.9 Å². The van der Waals surface area contributed by atoms with E-state index in [9.17, 15) is 4.57 Å². The smallest absolute Gasteiger partial charge is 0.350 e. The van der Waals surface area contributed by atoms with Gasteiger partial charge in [0.1, 0.15) is 18.2 Å². The molecular formula is C7H11N6O4P. The van der Waals surface area contributed by atoms with Gasteiger partial charge < -0.3 is 20.3 Å². The molecule has 0 aromatic carbocycles. The van der Waals surface area contributed by atoms with Crippen molar-refractivity contribution in [3.63, 3.8) is 0 Å². The molecule has 0 bridgehead atoms. The zero-order valence-corrected chi connectivity index (χ0v) is 10.1. The first-order valence-corrected chi connectivity index (χ1v) is 6.69. The molecule has 4 N–H and O–H groups in total. The molecular weight excluding hydrogens is 263 g/mol. The molecule has 10 nitrogen and oxygen atoms in total. The molecule has 2 heterocycles. The Morgan fingerprint density at radius 3 is 2.94 bits per heavy atom. The molecule has 0 spiro atoms. The third-order valence-electron chi connectivity index (χ3n) is 2.04. The number of hydrogen-bond acceptors (Lipinski definition) is 7. The molecule has 2 rings (SSSR count). The summed E-state index contributed by atoms with van der Waals surface area (Å²) in [5.41, 5.74) is 6.49. The van der Waals surface area contributed by atoms with Crippen molar-refractivity contribution < 1.29 is 19.1 Å². The predicted molar refractivity (Wildman–Crippen MR) is 60.4 cm³/mol. The van der Waals surface area contributed by atoms with E-state index in [0.717, 1.165) is 0 Å². The normalized spacial score (nSPS) is 12.1. The van der Waals surface area contributed by atoms with Crippen LogP contribution in [0.1, 0.15) is 0 Å². The van der Waals surface area contributed by atoms with Crippen LogP contribution in [0, 0.1) is 0 Å². The second-order valence-electron chi connectivity index (χ2n) is 3.45. The maximum atomic E-state index is 10.6. The van der Waals surface area contributed by atoms with E-state index in [2.05, 4.69) is 20.3 Å². The van der Waals surface area contributed by atoms with Crippen molar-refractivity contribution in [2.45, 2.75) is 6.54 Å². The van der Waals surface area contributed by atoms with Gasteiger partial charge in [-0.15, -0.1) is 5.10 Å². The van der Waals surface area contributed by atoms with Gasteiger partial charge in [0.2, 0.25) is 5.65 Å². The molecule has 0 radical (unpaired) electrons. The predicted octanol–water partition coefficient (Wildman–Crippen LogP) is -1.04. The van der Waals surface area contributed by atoms with Crippen molar-refractivity contribution in [1.82, 2.24) is 25.0 Å². The summed E-state index contributed by atoms with van der Waals surface area (Å²) in [5, 5.41) is 7.58. The van der Waals surface area contributed by atoms with Gasteiger partial charge in [0.15, 0.2) is 5.82 Å². The molecule has 0 amide bonds. The molecule has 98 valence electrons. The third kappa shape index (κ3) is 2.99. The lowest BCUT2D eigenvalue weighted by atomic mass is 10.5. The summed E-state index contributed by atoms with van der Waals surface area (Å²) in [6, 6.07) is 0. The first-order chi connectivity index (χ1) is 8.47. The van der Waals surface area contributed by atoms with Gasteiger partial charge in [-0.25, -0.2) is 14.6 Å². The molecule has 18 heavy (non-hydrogen) atoms. The van der Waals surface area contributed by atoms with Crippen LogP contribution in [0.4, 0.5) is 5.82 Å². The van der Waals surface area contributed by atoms with Gasteiger partial charge in [-0.2, -0.15) is 0 Å². The topological polar surface area (TPSA) is 149 Å². The first-order valence-electron chi connectivity index (χ1n) is 4.89. The Hall–Kier alpha value is -1.61. The minimum atomic E-state index is -4.15. The number of nitrogen functional groups attached to an aromatic ring is 1. The lowest BCUT2D eigenvalue weighted by Crippen LogP contribution is -2.09. The Morgan fingerprint density at radius 2 is 2.22 bits per heavy atom. The van der Waals surface area contributed by atoms with Gasteiger partial charge in [-0.3, -0.25) is 4.57 Å². The van der Waals surface area contributed by atoms with Crippen LogP contribution in [-0.2, 0) is 15.8 Å². The van der Waals surface area contributed by atoms with E-state index in [1.165, 1.54) is 11.0 Å². The highest BCUT2D eigenvalue weighted by Crippen LogP contribution is 2.33. The number of nitrogens with zero attached hydrogens (tertiary/aromatic N) is 5. The molecule has 0 aliphatic heterocycles. The van der Waals surface area contributed by atoms with Crippen LogP contribution in [0.25, 0.3) is 11.2 Å². The fourth-order valence-electron chi connectivity index (χ4n) is 1.34. The molecule has 0 aliphatic rings. The Morgan fingerprint density at radius 1 is 1.44 bits per heavy atom. The highest BCUT2D eigenvalue weighted by Gasteiger charge is 2.13. The largest absolute Gasteiger partial charge is 0.382 e. The summed E-state index contributed by atoms with van der Waals surface area (Å²) < 4.78 is 16.8. The number of rotatable bonds is 5. The van der Waals surface area contributed by atoms with E-state index in [-0.39, 0.29) is 19.0 Å². The minimum absolute atomic E-state index is 0.0674.